The van der Waals surface area contributed by atoms with E-state index in [9.17, 15) is 0 Å². The molecule has 1 aromatic carbocycles. The van der Waals surface area contributed by atoms with Gasteiger partial charge in [-0.15, -0.1) is 0 Å². The second-order valence-corrected chi connectivity index (χ2v) is 5.31. The fourth-order valence-corrected chi connectivity index (χ4v) is 1.99. The van der Waals surface area contributed by atoms with Gasteiger partial charge in [-0.1, -0.05) is 18.2 Å². The lowest BCUT2D eigenvalue weighted by Gasteiger charge is -2.07. The van der Waals surface area contributed by atoms with Crippen molar-refractivity contribution in [2.75, 3.05) is 5.73 Å². The van der Waals surface area contributed by atoms with Gasteiger partial charge in [-0.25, -0.2) is 9.97 Å². The smallest absolute Gasteiger partial charge is 0.141 e. The Morgan fingerprint density at radius 3 is 2.44 bits per heavy atom. The molecule has 0 saturated carbocycles. The minimum absolute atomic E-state index is 0.501. The van der Waals surface area contributed by atoms with E-state index in [0.717, 1.165) is 16.0 Å². The molecule has 0 aliphatic carbocycles. The topological polar surface area (TPSA) is 51.8 Å². The Morgan fingerprint density at radius 1 is 1.11 bits per heavy atom. The fraction of sp³-hybridized carbons (Fsp3) is 0.286. The van der Waals surface area contributed by atoms with Crippen molar-refractivity contribution in [1.29, 1.82) is 0 Å². The highest BCUT2D eigenvalue weighted by atomic mass is 79.9. The van der Waals surface area contributed by atoms with Crippen molar-refractivity contribution < 1.29 is 0 Å². The normalized spacial score (nSPS) is 10.7. The van der Waals surface area contributed by atoms with Crippen molar-refractivity contribution in [3.8, 4) is 0 Å². The first kappa shape index (κ1) is 13.0. The molecular weight excluding hydrogens is 290 g/mol. The Bertz CT molecular complexity index is 571. The van der Waals surface area contributed by atoms with E-state index in [0.29, 0.717) is 12.2 Å². The Hall–Kier alpha value is -1.42. The monoisotopic (exact) mass is 305 g/mol. The summed E-state index contributed by atoms with van der Waals surface area (Å²) in [5, 5.41) is 0. The van der Waals surface area contributed by atoms with Gasteiger partial charge in [-0.2, -0.15) is 0 Å². The third-order valence-electron chi connectivity index (χ3n) is 3.02. The maximum atomic E-state index is 5.83. The molecule has 2 rings (SSSR count). The van der Waals surface area contributed by atoms with E-state index in [-0.39, 0.29) is 0 Å². The number of aryl methyl sites for hydroxylation is 3. The molecule has 1 heterocycles. The number of halogens is 1. The van der Waals surface area contributed by atoms with Gasteiger partial charge in [0.05, 0.1) is 10.2 Å². The molecule has 0 aliphatic rings. The molecular formula is C14H16BrN3. The van der Waals surface area contributed by atoms with Crippen molar-refractivity contribution in [2.24, 2.45) is 0 Å². The molecule has 2 aromatic rings. The van der Waals surface area contributed by atoms with E-state index in [1.54, 1.807) is 0 Å². The van der Waals surface area contributed by atoms with Crippen LogP contribution in [0.5, 0.6) is 0 Å². The van der Waals surface area contributed by atoms with Crippen molar-refractivity contribution >= 4 is 21.7 Å². The highest BCUT2D eigenvalue weighted by Gasteiger charge is 2.07. The maximum Gasteiger partial charge on any atom is 0.141 e. The molecule has 1 aromatic heterocycles. The van der Waals surface area contributed by atoms with Crippen molar-refractivity contribution in [3.63, 3.8) is 0 Å². The molecule has 0 unspecified atom stereocenters. The molecule has 94 valence electrons. The van der Waals surface area contributed by atoms with Crippen LogP contribution in [0.1, 0.15) is 28.2 Å². The minimum Gasteiger partial charge on any atom is -0.383 e. The van der Waals surface area contributed by atoms with Gasteiger partial charge in [0.1, 0.15) is 11.6 Å². The predicted octanol–water partition coefficient (Wildman–Crippen LogP) is 3.34. The number of aromatic nitrogens is 2. The van der Waals surface area contributed by atoms with Crippen molar-refractivity contribution in [3.05, 3.63) is 50.9 Å². The number of nitrogens with zero attached hydrogens (tertiary/aromatic N) is 2. The quantitative estimate of drug-likeness (QED) is 0.926. The molecule has 4 heteroatoms. The van der Waals surface area contributed by atoms with Crippen LogP contribution in [0.2, 0.25) is 0 Å². The SMILES string of the molecule is Cc1ccc(Cc2nc(C)c(Br)c(N)n2)cc1C. The summed E-state index contributed by atoms with van der Waals surface area (Å²) in [5.74, 6) is 1.26. The molecule has 0 saturated heterocycles. The van der Waals surface area contributed by atoms with Gasteiger partial charge in [-0.05, 0) is 53.4 Å². The summed E-state index contributed by atoms with van der Waals surface area (Å²) in [7, 11) is 0. The van der Waals surface area contributed by atoms with Crippen LogP contribution in [0.25, 0.3) is 0 Å². The molecule has 0 amide bonds. The number of benzene rings is 1. The molecule has 18 heavy (non-hydrogen) atoms. The zero-order valence-electron chi connectivity index (χ0n) is 10.8. The second kappa shape index (κ2) is 5.06. The fourth-order valence-electron chi connectivity index (χ4n) is 1.82. The van der Waals surface area contributed by atoms with E-state index < -0.39 is 0 Å². The first-order valence-electron chi connectivity index (χ1n) is 5.82. The summed E-state index contributed by atoms with van der Waals surface area (Å²) >= 11 is 3.37. The number of rotatable bonds is 2. The van der Waals surface area contributed by atoms with Gasteiger partial charge < -0.3 is 5.73 Å². The average Bonchev–Trinajstić information content (AvgIpc) is 2.31. The molecule has 0 radical (unpaired) electrons. The Balaban J connectivity index is 2.31. The van der Waals surface area contributed by atoms with E-state index in [1.165, 1.54) is 16.7 Å². The van der Waals surface area contributed by atoms with E-state index in [4.69, 9.17) is 5.73 Å². The van der Waals surface area contributed by atoms with Gasteiger partial charge in [0.15, 0.2) is 0 Å². The highest BCUT2D eigenvalue weighted by Crippen LogP contribution is 2.21. The molecule has 3 nitrogen and oxygen atoms in total. The largest absolute Gasteiger partial charge is 0.383 e. The van der Waals surface area contributed by atoms with Gasteiger partial charge >= 0.3 is 0 Å². The van der Waals surface area contributed by atoms with Crippen LogP contribution in [0, 0.1) is 20.8 Å². The van der Waals surface area contributed by atoms with Gasteiger partial charge in [0.2, 0.25) is 0 Å². The van der Waals surface area contributed by atoms with E-state index >= 15 is 0 Å². The molecule has 0 bridgehead atoms. The summed E-state index contributed by atoms with van der Waals surface area (Å²) in [5.41, 5.74) is 10.5. The zero-order valence-corrected chi connectivity index (χ0v) is 12.4. The third-order valence-corrected chi connectivity index (χ3v) is 4.00. The first-order valence-corrected chi connectivity index (χ1v) is 6.61. The minimum atomic E-state index is 0.501. The van der Waals surface area contributed by atoms with Crippen LogP contribution >= 0.6 is 15.9 Å². The van der Waals surface area contributed by atoms with Crippen LogP contribution in [0.15, 0.2) is 22.7 Å². The summed E-state index contributed by atoms with van der Waals surface area (Å²) < 4.78 is 0.784. The van der Waals surface area contributed by atoms with Crippen molar-refractivity contribution in [1.82, 2.24) is 9.97 Å². The number of nitrogen functional groups attached to an aromatic ring is 1. The standard InChI is InChI=1S/C14H16BrN3/c1-8-4-5-11(6-9(8)2)7-12-17-10(3)13(15)14(16)18-12/h4-6H,7H2,1-3H3,(H2,16,17,18). The summed E-state index contributed by atoms with van der Waals surface area (Å²) in [6.07, 6.45) is 0.708. The average molecular weight is 306 g/mol. The summed E-state index contributed by atoms with van der Waals surface area (Å²) in [4.78, 5) is 8.74. The molecule has 0 atom stereocenters. The second-order valence-electron chi connectivity index (χ2n) is 4.52. The van der Waals surface area contributed by atoms with Gasteiger partial charge in [-0.3, -0.25) is 0 Å². The molecule has 0 fully saturated rings. The van der Waals surface area contributed by atoms with Crippen LogP contribution in [-0.4, -0.2) is 9.97 Å². The lowest BCUT2D eigenvalue weighted by molar-refractivity contribution is 0.939. The third kappa shape index (κ3) is 2.70. The van der Waals surface area contributed by atoms with E-state index in [1.807, 2.05) is 6.92 Å². The van der Waals surface area contributed by atoms with Gasteiger partial charge in [0, 0.05) is 6.42 Å². The molecule has 2 N–H and O–H groups in total. The highest BCUT2D eigenvalue weighted by molar-refractivity contribution is 9.10. The lowest BCUT2D eigenvalue weighted by atomic mass is 10.0. The van der Waals surface area contributed by atoms with E-state index in [2.05, 4.69) is 57.9 Å². The zero-order chi connectivity index (χ0) is 13.3. The molecule has 0 spiro atoms. The molecule has 0 aliphatic heterocycles. The number of hydrogen-bond donors (Lipinski definition) is 1. The Labute approximate surface area is 116 Å². The Kier molecular flexibility index (Phi) is 3.66. The maximum absolute atomic E-state index is 5.83. The number of nitrogens with two attached hydrogens (primary N) is 1. The summed E-state index contributed by atoms with van der Waals surface area (Å²) in [6, 6.07) is 6.41. The van der Waals surface area contributed by atoms with Crippen molar-refractivity contribution in [2.45, 2.75) is 27.2 Å². The number of anilines is 1. The number of hydrogen-bond acceptors (Lipinski definition) is 3. The van der Waals surface area contributed by atoms with Crippen LogP contribution in [-0.2, 0) is 6.42 Å². The van der Waals surface area contributed by atoms with Crippen LogP contribution in [0.4, 0.5) is 5.82 Å². The predicted molar refractivity (Wildman–Crippen MR) is 77.6 cm³/mol. The Morgan fingerprint density at radius 2 is 1.83 bits per heavy atom. The first-order chi connectivity index (χ1) is 8.47. The summed E-state index contributed by atoms with van der Waals surface area (Å²) in [6.45, 7) is 6.14. The van der Waals surface area contributed by atoms with Gasteiger partial charge in [0.25, 0.3) is 0 Å². The van der Waals surface area contributed by atoms with Crippen LogP contribution in [0.3, 0.4) is 0 Å². The lowest BCUT2D eigenvalue weighted by Crippen LogP contribution is -2.04. The van der Waals surface area contributed by atoms with Crippen LogP contribution < -0.4 is 5.73 Å².